The second kappa shape index (κ2) is 11.1. The first-order valence-electron chi connectivity index (χ1n) is 11.0. The summed E-state index contributed by atoms with van der Waals surface area (Å²) in [5.41, 5.74) is 2.85. The first kappa shape index (κ1) is 23.0. The maximum absolute atomic E-state index is 11.4. The summed E-state index contributed by atoms with van der Waals surface area (Å²) in [6.07, 6.45) is 5.48. The van der Waals surface area contributed by atoms with Crippen molar-refractivity contribution in [3.8, 4) is 23.3 Å². The Labute approximate surface area is 197 Å². The van der Waals surface area contributed by atoms with Crippen LogP contribution in [-0.2, 0) is 16.1 Å². The number of hydrogen-bond donors (Lipinski definition) is 0. The lowest BCUT2D eigenvalue weighted by Gasteiger charge is -2.11. The molecule has 1 fully saturated rings. The van der Waals surface area contributed by atoms with E-state index < -0.39 is 0 Å². The first-order valence-corrected chi connectivity index (χ1v) is 12.0. The van der Waals surface area contributed by atoms with Gasteiger partial charge in [0.1, 0.15) is 18.1 Å². The average Bonchev–Trinajstić information content (AvgIpc) is 3.58. The van der Waals surface area contributed by atoms with E-state index in [2.05, 4.69) is 27.0 Å². The lowest BCUT2D eigenvalue weighted by molar-refractivity contribution is -0.118. The number of hydrogen-bond acceptors (Lipinski definition) is 7. The van der Waals surface area contributed by atoms with Crippen LogP contribution in [0.15, 0.2) is 47.9 Å². The number of ketones is 1. The SMILES string of the molecule is CCC(=O)CCC#Cc1ccc(OCc2nnc(SCC3CO3)n2-c2cccnc2)cc1C. The van der Waals surface area contributed by atoms with Crippen molar-refractivity contribution in [2.45, 2.75) is 51.0 Å². The molecule has 0 bridgehead atoms. The standard InChI is InChI=1S/C25H26N4O3S/c1-3-21(30)9-5-4-7-19-10-11-22(13-18(19)2)32-16-24-27-28-25(33-17-23-15-31-23)29(24)20-8-6-12-26-14-20/h6,8,10-14,23H,3,5,9,15-17H2,1-2H3. The van der Waals surface area contributed by atoms with E-state index in [4.69, 9.17) is 9.47 Å². The quantitative estimate of drug-likeness (QED) is 0.254. The Balaban J connectivity index is 1.44. The van der Waals surface area contributed by atoms with Gasteiger partial charge in [-0.3, -0.25) is 14.3 Å². The maximum Gasteiger partial charge on any atom is 0.196 e. The summed E-state index contributed by atoms with van der Waals surface area (Å²) in [5, 5.41) is 9.52. The molecule has 8 heteroatoms. The molecule has 1 aliphatic heterocycles. The van der Waals surface area contributed by atoms with E-state index in [1.54, 1.807) is 24.2 Å². The number of Topliss-reactive ketones (excluding diaryl/α,β-unsaturated/α-hetero) is 1. The van der Waals surface area contributed by atoms with Gasteiger partial charge in [0.25, 0.3) is 0 Å². The fraction of sp³-hybridized carbons (Fsp3) is 0.360. The second-order valence-electron chi connectivity index (χ2n) is 7.67. The minimum atomic E-state index is 0.242. The summed E-state index contributed by atoms with van der Waals surface area (Å²) in [7, 11) is 0. The Kier molecular flexibility index (Phi) is 7.76. The van der Waals surface area contributed by atoms with Crippen LogP contribution < -0.4 is 4.74 Å². The molecule has 33 heavy (non-hydrogen) atoms. The molecule has 0 saturated carbocycles. The van der Waals surface area contributed by atoms with Crippen LogP contribution in [0.25, 0.3) is 5.69 Å². The molecule has 1 atom stereocenters. The Bertz CT molecular complexity index is 1160. The van der Waals surface area contributed by atoms with Gasteiger partial charge in [-0.1, -0.05) is 30.5 Å². The Morgan fingerprint density at radius 1 is 1.33 bits per heavy atom. The molecule has 3 heterocycles. The third-order valence-electron chi connectivity index (χ3n) is 5.12. The van der Waals surface area contributed by atoms with Crippen molar-refractivity contribution in [1.82, 2.24) is 19.7 Å². The van der Waals surface area contributed by atoms with E-state index >= 15 is 0 Å². The largest absolute Gasteiger partial charge is 0.486 e. The molecule has 1 aliphatic rings. The van der Waals surface area contributed by atoms with Crippen LogP contribution in [0.3, 0.4) is 0 Å². The van der Waals surface area contributed by atoms with Gasteiger partial charge in [-0.2, -0.15) is 0 Å². The number of thioether (sulfide) groups is 1. The van der Waals surface area contributed by atoms with E-state index in [9.17, 15) is 4.79 Å². The smallest absolute Gasteiger partial charge is 0.196 e. The molecule has 0 spiro atoms. The number of aromatic nitrogens is 4. The highest BCUT2D eigenvalue weighted by Gasteiger charge is 2.24. The number of carbonyl (C=O) groups excluding carboxylic acids is 1. The Hall–Kier alpha value is -3.15. The van der Waals surface area contributed by atoms with Gasteiger partial charge in [-0.05, 0) is 42.8 Å². The summed E-state index contributed by atoms with van der Waals surface area (Å²) < 4.78 is 13.3. The van der Waals surface area contributed by atoms with E-state index in [0.29, 0.717) is 31.2 Å². The Morgan fingerprint density at radius 3 is 2.94 bits per heavy atom. The van der Waals surface area contributed by atoms with E-state index in [0.717, 1.165) is 40.1 Å². The van der Waals surface area contributed by atoms with Crippen LogP contribution in [0.4, 0.5) is 0 Å². The monoisotopic (exact) mass is 462 g/mol. The van der Waals surface area contributed by atoms with Crippen molar-refractivity contribution < 1.29 is 14.3 Å². The number of pyridine rings is 1. The number of ether oxygens (including phenoxy) is 2. The van der Waals surface area contributed by atoms with Crippen molar-refractivity contribution in [1.29, 1.82) is 0 Å². The molecule has 0 N–H and O–H groups in total. The molecule has 1 aromatic carbocycles. The normalized spacial score (nSPS) is 14.4. The van der Waals surface area contributed by atoms with Crippen LogP contribution in [0.2, 0.25) is 0 Å². The molecule has 0 radical (unpaired) electrons. The third-order valence-corrected chi connectivity index (χ3v) is 6.18. The van der Waals surface area contributed by atoms with Crippen molar-refractivity contribution in [2.75, 3.05) is 12.4 Å². The summed E-state index contributed by atoms with van der Waals surface area (Å²) >= 11 is 1.62. The van der Waals surface area contributed by atoms with Gasteiger partial charge in [-0.25, -0.2) is 0 Å². The zero-order valence-corrected chi connectivity index (χ0v) is 19.6. The lowest BCUT2D eigenvalue weighted by Crippen LogP contribution is -2.07. The van der Waals surface area contributed by atoms with Crippen molar-refractivity contribution >= 4 is 17.5 Å². The van der Waals surface area contributed by atoms with Crippen molar-refractivity contribution in [3.63, 3.8) is 0 Å². The number of nitrogens with zero attached hydrogens (tertiary/aromatic N) is 4. The second-order valence-corrected chi connectivity index (χ2v) is 8.66. The fourth-order valence-corrected chi connectivity index (χ4v) is 4.08. The zero-order chi connectivity index (χ0) is 23.0. The fourth-order valence-electron chi connectivity index (χ4n) is 3.11. The van der Waals surface area contributed by atoms with E-state index in [1.165, 1.54) is 0 Å². The summed E-state index contributed by atoms with van der Waals surface area (Å²) in [4.78, 5) is 15.6. The maximum atomic E-state index is 11.4. The highest BCUT2D eigenvalue weighted by molar-refractivity contribution is 7.99. The molecule has 4 rings (SSSR count). The van der Waals surface area contributed by atoms with Crippen molar-refractivity contribution in [2.24, 2.45) is 0 Å². The van der Waals surface area contributed by atoms with Crippen LogP contribution in [-0.4, -0.2) is 44.0 Å². The molecule has 0 amide bonds. The number of epoxide rings is 1. The van der Waals surface area contributed by atoms with E-state index in [1.807, 2.05) is 48.7 Å². The third kappa shape index (κ3) is 6.44. The van der Waals surface area contributed by atoms with Gasteiger partial charge in [0, 0.05) is 36.8 Å². The minimum Gasteiger partial charge on any atom is -0.486 e. The van der Waals surface area contributed by atoms with Gasteiger partial charge in [0.05, 0.1) is 24.6 Å². The van der Waals surface area contributed by atoms with Crippen LogP contribution in [0.5, 0.6) is 5.75 Å². The zero-order valence-electron chi connectivity index (χ0n) is 18.8. The van der Waals surface area contributed by atoms with Crippen molar-refractivity contribution in [3.05, 3.63) is 59.7 Å². The number of benzene rings is 1. The number of aryl methyl sites for hydroxylation is 1. The predicted octanol–water partition coefficient (Wildman–Crippen LogP) is 4.15. The highest BCUT2D eigenvalue weighted by Crippen LogP contribution is 2.26. The Morgan fingerprint density at radius 2 is 2.21 bits per heavy atom. The van der Waals surface area contributed by atoms with Gasteiger partial charge in [0.15, 0.2) is 11.0 Å². The molecule has 1 saturated heterocycles. The minimum absolute atomic E-state index is 0.242. The van der Waals surface area contributed by atoms with Gasteiger partial charge >= 0.3 is 0 Å². The molecular formula is C25H26N4O3S. The average molecular weight is 463 g/mol. The van der Waals surface area contributed by atoms with Gasteiger partial charge in [-0.15, -0.1) is 10.2 Å². The number of rotatable bonds is 10. The topological polar surface area (TPSA) is 82.4 Å². The van der Waals surface area contributed by atoms with Crippen LogP contribution >= 0.6 is 11.8 Å². The number of carbonyl (C=O) groups is 1. The lowest BCUT2D eigenvalue weighted by atomic mass is 10.1. The molecule has 0 aliphatic carbocycles. The molecule has 2 aromatic heterocycles. The molecule has 3 aromatic rings. The highest BCUT2D eigenvalue weighted by atomic mass is 32.2. The van der Waals surface area contributed by atoms with Crippen LogP contribution in [0.1, 0.15) is 43.1 Å². The first-order chi connectivity index (χ1) is 16.1. The molecule has 170 valence electrons. The van der Waals surface area contributed by atoms with E-state index in [-0.39, 0.29) is 12.4 Å². The molecular weight excluding hydrogens is 436 g/mol. The van der Waals surface area contributed by atoms with Gasteiger partial charge < -0.3 is 9.47 Å². The summed E-state index contributed by atoms with van der Waals surface area (Å²) in [6.45, 7) is 4.95. The van der Waals surface area contributed by atoms with Gasteiger partial charge in [0.2, 0.25) is 0 Å². The summed E-state index contributed by atoms with van der Waals surface area (Å²) in [6, 6.07) is 9.68. The molecule has 1 unspecified atom stereocenters. The summed E-state index contributed by atoms with van der Waals surface area (Å²) in [5.74, 6) is 8.76. The molecule has 7 nitrogen and oxygen atoms in total. The van der Waals surface area contributed by atoms with Crippen LogP contribution in [0, 0.1) is 18.8 Å². The predicted molar refractivity (Wildman–Crippen MR) is 127 cm³/mol.